The number of Topliss-reactive ketones (excluding diaryl/α,β-unsaturated/α-hetero) is 1. The van der Waals surface area contributed by atoms with E-state index >= 15 is 0 Å². The molecular formula is C15H19FO2. The molecule has 0 unspecified atom stereocenters. The molecule has 0 N–H and O–H groups in total. The van der Waals surface area contributed by atoms with Gasteiger partial charge in [-0.3, -0.25) is 4.79 Å². The largest absolute Gasteiger partial charge is 0.497 e. The van der Waals surface area contributed by atoms with E-state index in [0.29, 0.717) is 5.75 Å². The molecule has 0 saturated heterocycles. The van der Waals surface area contributed by atoms with Crippen molar-refractivity contribution in [3.05, 3.63) is 29.6 Å². The fourth-order valence-electron chi connectivity index (χ4n) is 2.83. The van der Waals surface area contributed by atoms with Crippen LogP contribution in [0.15, 0.2) is 18.2 Å². The molecule has 0 spiro atoms. The maximum Gasteiger partial charge on any atom is 0.169 e. The maximum atomic E-state index is 13.9. The van der Waals surface area contributed by atoms with Gasteiger partial charge in [0.15, 0.2) is 5.78 Å². The smallest absolute Gasteiger partial charge is 0.169 e. The second kappa shape index (κ2) is 3.81. The predicted molar refractivity (Wildman–Crippen MR) is 68.3 cm³/mol. The number of ether oxygens (including phenoxy) is 1. The second-order valence-corrected chi connectivity index (χ2v) is 6.09. The summed E-state index contributed by atoms with van der Waals surface area (Å²) in [5, 5.41) is 0. The number of methoxy groups -OCH3 is 1. The van der Waals surface area contributed by atoms with Gasteiger partial charge in [0.25, 0.3) is 0 Å². The molecule has 1 aromatic carbocycles. The summed E-state index contributed by atoms with van der Waals surface area (Å²) >= 11 is 0. The van der Waals surface area contributed by atoms with Crippen LogP contribution < -0.4 is 4.74 Å². The zero-order valence-corrected chi connectivity index (χ0v) is 11.5. The fraction of sp³-hybridized carbons (Fsp3) is 0.533. The van der Waals surface area contributed by atoms with Crippen molar-refractivity contribution < 1.29 is 13.9 Å². The van der Waals surface area contributed by atoms with Gasteiger partial charge < -0.3 is 4.74 Å². The van der Waals surface area contributed by atoms with E-state index in [-0.39, 0.29) is 28.1 Å². The topological polar surface area (TPSA) is 26.3 Å². The van der Waals surface area contributed by atoms with Crippen LogP contribution in [0.2, 0.25) is 0 Å². The van der Waals surface area contributed by atoms with Crippen LogP contribution in [0.25, 0.3) is 0 Å². The number of hydrogen-bond donors (Lipinski definition) is 0. The second-order valence-electron chi connectivity index (χ2n) is 6.09. The van der Waals surface area contributed by atoms with Gasteiger partial charge in [0.1, 0.15) is 11.6 Å². The Bertz CT molecular complexity index is 489. The average molecular weight is 250 g/mol. The fourth-order valence-corrected chi connectivity index (χ4v) is 2.83. The summed E-state index contributed by atoms with van der Waals surface area (Å²) in [4.78, 5) is 12.4. The van der Waals surface area contributed by atoms with Crippen molar-refractivity contribution in [3.8, 4) is 5.75 Å². The number of hydrogen-bond acceptors (Lipinski definition) is 2. The summed E-state index contributed by atoms with van der Waals surface area (Å²) in [6.45, 7) is 8.21. The highest BCUT2D eigenvalue weighted by Gasteiger charge is 2.68. The van der Waals surface area contributed by atoms with E-state index in [1.165, 1.54) is 19.2 Å². The van der Waals surface area contributed by atoms with E-state index in [1.54, 1.807) is 6.07 Å². The third-order valence-electron chi connectivity index (χ3n) is 4.72. The van der Waals surface area contributed by atoms with Gasteiger partial charge in [0.05, 0.1) is 12.7 Å². The van der Waals surface area contributed by atoms with Crippen LogP contribution in [0.1, 0.15) is 38.1 Å². The molecule has 2 nitrogen and oxygen atoms in total. The monoisotopic (exact) mass is 250 g/mol. The number of carbonyl (C=O) groups is 1. The first kappa shape index (κ1) is 13.1. The number of carbonyl (C=O) groups excluding carboxylic acids is 1. The number of ketones is 1. The van der Waals surface area contributed by atoms with E-state index in [1.807, 2.05) is 0 Å². The van der Waals surface area contributed by atoms with E-state index in [2.05, 4.69) is 27.7 Å². The SMILES string of the molecule is COc1ccc(C(=O)C2C(C)(C)C2(C)C)c(F)c1. The van der Waals surface area contributed by atoms with Crippen molar-refractivity contribution in [2.24, 2.45) is 16.7 Å². The van der Waals surface area contributed by atoms with Crippen molar-refractivity contribution in [3.63, 3.8) is 0 Å². The molecule has 98 valence electrons. The molecule has 0 bridgehead atoms. The summed E-state index contributed by atoms with van der Waals surface area (Å²) < 4.78 is 18.8. The van der Waals surface area contributed by atoms with E-state index < -0.39 is 5.82 Å². The molecule has 1 aromatic rings. The van der Waals surface area contributed by atoms with Gasteiger partial charge in [-0.1, -0.05) is 27.7 Å². The number of rotatable bonds is 3. The molecule has 18 heavy (non-hydrogen) atoms. The van der Waals surface area contributed by atoms with Gasteiger partial charge in [0.2, 0.25) is 0 Å². The number of benzene rings is 1. The van der Waals surface area contributed by atoms with Crippen molar-refractivity contribution in [2.75, 3.05) is 7.11 Å². The Labute approximate surface area is 107 Å². The quantitative estimate of drug-likeness (QED) is 0.765. The van der Waals surface area contributed by atoms with Crippen LogP contribution in [0.4, 0.5) is 4.39 Å². The van der Waals surface area contributed by atoms with Crippen molar-refractivity contribution in [2.45, 2.75) is 27.7 Å². The summed E-state index contributed by atoms with van der Waals surface area (Å²) in [6.07, 6.45) is 0. The van der Waals surface area contributed by atoms with Gasteiger partial charge in [-0.05, 0) is 23.0 Å². The Morgan fingerprint density at radius 1 is 1.22 bits per heavy atom. The maximum absolute atomic E-state index is 13.9. The first-order valence-electron chi connectivity index (χ1n) is 6.11. The van der Waals surface area contributed by atoms with Crippen LogP contribution in [0, 0.1) is 22.6 Å². The Kier molecular flexibility index (Phi) is 2.76. The zero-order valence-electron chi connectivity index (χ0n) is 11.5. The molecule has 0 aliphatic heterocycles. The van der Waals surface area contributed by atoms with Gasteiger partial charge in [-0.2, -0.15) is 0 Å². The molecule has 3 heteroatoms. The van der Waals surface area contributed by atoms with Crippen molar-refractivity contribution in [1.82, 2.24) is 0 Å². The molecule has 2 rings (SSSR count). The Balaban J connectivity index is 2.32. The summed E-state index contributed by atoms with van der Waals surface area (Å²) in [5.74, 6) is -0.297. The van der Waals surface area contributed by atoms with Crippen LogP contribution in [0.3, 0.4) is 0 Å². The minimum absolute atomic E-state index is 0.0730. The lowest BCUT2D eigenvalue weighted by atomic mass is 10.0. The highest BCUT2D eigenvalue weighted by atomic mass is 19.1. The van der Waals surface area contributed by atoms with E-state index in [4.69, 9.17) is 4.74 Å². The molecular weight excluding hydrogens is 231 g/mol. The van der Waals surface area contributed by atoms with Gasteiger partial charge in [0, 0.05) is 12.0 Å². The molecule has 0 amide bonds. The first-order valence-corrected chi connectivity index (χ1v) is 6.11. The van der Waals surface area contributed by atoms with Crippen LogP contribution in [0.5, 0.6) is 5.75 Å². The van der Waals surface area contributed by atoms with Crippen molar-refractivity contribution in [1.29, 1.82) is 0 Å². The van der Waals surface area contributed by atoms with Gasteiger partial charge in [-0.25, -0.2) is 4.39 Å². The van der Waals surface area contributed by atoms with E-state index in [0.717, 1.165) is 0 Å². The molecule has 1 saturated carbocycles. The lowest BCUT2D eigenvalue weighted by Gasteiger charge is -2.06. The summed E-state index contributed by atoms with van der Waals surface area (Å²) in [6, 6.07) is 4.40. The van der Waals surface area contributed by atoms with Crippen LogP contribution in [-0.2, 0) is 0 Å². The Hall–Kier alpha value is -1.38. The normalized spacial score (nSPS) is 20.6. The average Bonchev–Trinajstić information content (AvgIpc) is 2.68. The molecule has 1 fully saturated rings. The molecule has 1 aliphatic rings. The van der Waals surface area contributed by atoms with Gasteiger partial charge in [-0.15, -0.1) is 0 Å². The first-order chi connectivity index (χ1) is 8.23. The Morgan fingerprint density at radius 3 is 2.17 bits per heavy atom. The zero-order chi connectivity index (χ0) is 13.7. The standard InChI is InChI=1S/C15H19FO2/c1-14(2)13(15(14,3)4)12(17)10-7-6-9(18-5)8-11(10)16/h6-8,13H,1-5H3. The van der Waals surface area contributed by atoms with Gasteiger partial charge >= 0.3 is 0 Å². The minimum atomic E-state index is -0.502. The lowest BCUT2D eigenvalue weighted by Crippen LogP contribution is -2.09. The summed E-state index contributed by atoms with van der Waals surface area (Å²) in [7, 11) is 1.48. The molecule has 0 radical (unpaired) electrons. The lowest BCUT2D eigenvalue weighted by molar-refractivity contribution is 0.0941. The molecule has 1 aliphatic carbocycles. The minimum Gasteiger partial charge on any atom is -0.497 e. The summed E-state index contributed by atoms with van der Waals surface area (Å²) in [5.41, 5.74) is 0.0202. The third-order valence-corrected chi connectivity index (χ3v) is 4.72. The predicted octanol–water partition coefficient (Wildman–Crippen LogP) is 3.70. The molecule has 0 atom stereocenters. The highest BCUT2D eigenvalue weighted by Crippen LogP contribution is 2.69. The van der Waals surface area contributed by atoms with Crippen LogP contribution in [-0.4, -0.2) is 12.9 Å². The van der Waals surface area contributed by atoms with E-state index in [9.17, 15) is 9.18 Å². The molecule has 0 aromatic heterocycles. The van der Waals surface area contributed by atoms with Crippen LogP contribution >= 0.6 is 0 Å². The number of halogens is 1. The molecule has 0 heterocycles. The highest BCUT2D eigenvalue weighted by molar-refractivity contribution is 6.01. The Morgan fingerprint density at radius 2 is 1.78 bits per heavy atom. The van der Waals surface area contributed by atoms with Crippen molar-refractivity contribution >= 4 is 5.78 Å². The third kappa shape index (κ3) is 1.64.